The molecule has 0 bridgehead atoms. The SMILES string of the molecule is CCOc1ccccc1[C@@H]1C(C#N)=C(SCC(=O)Nc2ccc([N+](=O)[O-])cc2)NC(C)=C1C(=O)Nc1ccccc1. The summed E-state index contributed by atoms with van der Waals surface area (Å²) in [6.45, 7) is 4.00. The Kier molecular flexibility index (Phi) is 9.39. The Morgan fingerprint density at radius 1 is 1.02 bits per heavy atom. The van der Waals surface area contributed by atoms with Gasteiger partial charge in [-0.3, -0.25) is 19.7 Å². The van der Waals surface area contributed by atoms with E-state index in [2.05, 4.69) is 22.0 Å². The zero-order valence-electron chi connectivity index (χ0n) is 22.3. The normalized spacial score (nSPS) is 14.5. The Morgan fingerprint density at radius 3 is 2.34 bits per heavy atom. The Hall–Kier alpha value is -5.08. The van der Waals surface area contributed by atoms with Gasteiger partial charge in [0.05, 0.1) is 39.9 Å². The summed E-state index contributed by atoms with van der Waals surface area (Å²) in [4.78, 5) is 36.7. The van der Waals surface area contributed by atoms with E-state index in [1.54, 1.807) is 25.1 Å². The van der Waals surface area contributed by atoms with Gasteiger partial charge in [0.15, 0.2) is 0 Å². The van der Waals surface area contributed by atoms with E-state index in [-0.39, 0.29) is 28.8 Å². The van der Waals surface area contributed by atoms with Crippen molar-refractivity contribution in [1.29, 1.82) is 5.26 Å². The average molecular weight is 570 g/mol. The number of nitrogens with one attached hydrogen (secondary N) is 3. The van der Waals surface area contributed by atoms with Crippen LogP contribution in [0.3, 0.4) is 0 Å². The van der Waals surface area contributed by atoms with E-state index in [1.807, 2.05) is 43.3 Å². The summed E-state index contributed by atoms with van der Waals surface area (Å²) in [5, 5.41) is 30.5. The van der Waals surface area contributed by atoms with Gasteiger partial charge in [0.1, 0.15) is 5.75 Å². The summed E-state index contributed by atoms with van der Waals surface area (Å²) in [5.74, 6) is -0.995. The number of para-hydroxylation sites is 2. The molecule has 0 fully saturated rings. The lowest BCUT2D eigenvalue weighted by Crippen LogP contribution is -2.31. The van der Waals surface area contributed by atoms with E-state index in [0.29, 0.717) is 45.6 Å². The molecule has 10 nitrogen and oxygen atoms in total. The lowest BCUT2D eigenvalue weighted by molar-refractivity contribution is -0.384. The molecule has 1 atom stereocenters. The zero-order chi connectivity index (χ0) is 29.4. The van der Waals surface area contributed by atoms with Crippen molar-refractivity contribution >= 4 is 40.6 Å². The summed E-state index contributed by atoms with van der Waals surface area (Å²) in [6.07, 6.45) is 0. The molecule has 208 valence electrons. The third kappa shape index (κ3) is 6.93. The molecule has 1 heterocycles. The number of nitrogens with zero attached hydrogens (tertiary/aromatic N) is 2. The maximum Gasteiger partial charge on any atom is 0.269 e. The van der Waals surface area contributed by atoms with Crippen molar-refractivity contribution < 1.29 is 19.2 Å². The monoisotopic (exact) mass is 569 g/mol. The number of nitro benzene ring substituents is 1. The minimum atomic E-state index is -0.757. The molecule has 0 aromatic heterocycles. The molecule has 1 aliphatic rings. The number of rotatable bonds is 10. The van der Waals surface area contributed by atoms with Crippen molar-refractivity contribution in [2.45, 2.75) is 19.8 Å². The van der Waals surface area contributed by atoms with Gasteiger partial charge < -0.3 is 20.7 Å². The third-order valence-electron chi connectivity index (χ3n) is 6.16. The van der Waals surface area contributed by atoms with Gasteiger partial charge in [-0.25, -0.2) is 0 Å². The molecule has 3 aromatic rings. The first kappa shape index (κ1) is 28.9. The average Bonchev–Trinajstić information content (AvgIpc) is 2.97. The minimum absolute atomic E-state index is 0.0524. The molecule has 41 heavy (non-hydrogen) atoms. The second kappa shape index (κ2) is 13.3. The lowest BCUT2D eigenvalue weighted by Gasteiger charge is -2.30. The third-order valence-corrected chi connectivity index (χ3v) is 7.18. The first-order valence-corrected chi connectivity index (χ1v) is 13.7. The number of anilines is 2. The Labute approximate surface area is 241 Å². The van der Waals surface area contributed by atoms with E-state index < -0.39 is 10.8 Å². The minimum Gasteiger partial charge on any atom is -0.494 e. The van der Waals surface area contributed by atoms with Gasteiger partial charge in [-0.05, 0) is 44.2 Å². The van der Waals surface area contributed by atoms with Crippen LogP contribution >= 0.6 is 11.8 Å². The molecule has 0 saturated heterocycles. The number of nitriles is 1. The summed E-state index contributed by atoms with van der Waals surface area (Å²) in [7, 11) is 0. The maximum atomic E-state index is 13.6. The van der Waals surface area contributed by atoms with Crippen LogP contribution in [0.2, 0.25) is 0 Å². The number of benzene rings is 3. The highest BCUT2D eigenvalue weighted by molar-refractivity contribution is 8.03. The van der Waals surface area contributed by atoms with Crippen LogP contribution in [0.4, 0.5) is 17.1 Å². The molecule has 0 unspecified atom stereocenters. The number of hydrogen-bond donors (Lipinski definition) is 3. The number of non-ortho nitro benzene ring substituents is 1. The summed E-state index contributed by atoms with van der Waals surface area (Å²) >= 11 is 1.12. The number of allylic oxidation sites excluding steroid dienone is 2. The van der Waals surface area contributed by atoms with Crippen LogP contribution in [0.15, 0.2) is 101 Å². The van der Waals surface area contributed by atoms with E-state index in [4.69, 9.17) is 4.74 Å². The van der Waals surface area contributed by atoms with Gasteiger partial charge in [-0.1, -0.05) is 48.2 Å². The number of amides is 2. The number of thioether (sulfide) groups is 1. The van der Waals surface area contributed by atoms with Crippen LogP contribution in [0.1, 0.15) is 25.3 Å². The number of dihydropyridines is 1. The van der Waals surface area contributed by atoms with Crippen LogP contribution in [0.5, 0.6) is 5.75 Å². The number of ether oxygens (including phenoxy) is 1. The fourth-order valence-corrected chi connectivity index (χ4v) is 5.26. The molecule has 11 heteroatoms. The molecule has 0 radical (unpaired) electrons. The molecular formula is C30H27N5O5S. The summed E-state index contributed by atoms with van der Waals surface area (Å²) in [5.41, 5.74) is 2.75. The number of carbonyl (C=O) groups excluding carboxylic acids is 2. The molecule has 0 spiro atoms. The van der Waals surface area contributed by atoms with Crippen molar-refractivity contribution in [3.05, 3.63) is 116 Å². The quantitative estimate of drug-likeness (QED) is 0.208. The molecule has 1 aliphatic heterocycles. The van der Waals surface area contributed by atoms with Crippen LogP contribution in [0, 0.1) is 21.4 Å². The Balaban J connectivity index is 1.64. The summed E-state index contributed by atoms with van der Waals surface area (Å²) < 4.78 is 5.87. The van der Waals surface area contributed by atoms with Crippen molar-refractivity contribution in [3.63, 3.8) is 0 Å². The van der Waals surface area contributed by atoms with E-state index in [9.17, 15) is 25.0 Å². The van der Waals surface area contributed by atoms with Crippen molar-refractivity contribution in [2.75, 3.05) is 23.0 Å². The largest absolute Gasteiger partial charge is 0.494 e. The fourth-order valence-electron chi connectivity index (χ4n) is 4.37. The smallest absolute Gasteiger partial charge is 0.269 e. The van der Waals surface area contributed by atoms with Gasteiger partial charge in [0.2, 0.25) is 5.91 Å². The van der Waals surface area contributed by atoms with Crippen LogP contribution in [-0.2, 0) is 9.59 Å². The van der Waals surface area contributed by atoms with Crippen LogP contribution < -0.4 is 20.7 Å². The molecule has 0 aliphatic carbocycles. The van der Waals surface area contributed by atoms with Gasteiger partial charge >= 0.3 is 0 Å². The molecule has 0 saturated carbocycles. The maximum absolute atomic E-state index is 13.6. The van der Waals surface area contributed by atoms with Crippen LogP contribution in [-0.4, -0.2) is 29.1 Å². The fraction of sp³-hybridized carbons (Fsp3) is 0.167. The zero-order valence-corrected chi connectivity index (χ0v) is 23.2. The standard InChI is InChI=1S/C30H27N5O5S/c1-3-40-25-12-8-7-11-23(25)28-24(17-31)30(32-19(2)27(28)29(37)34-20-9-5-4-6-10-20)41-18-26(36)33-21-13-15-22(16-14-21)35(38)39/h4-16,28,32H,3,18H2,1-2H3,(H,33,36)(H,34,37)/t28-/m1/s1. The molecule has 3 aromatic carbocycles. The van der Waals surface area contributed by atoms with Crippen molar-refractivity contribution in [3.8, 4) is 11.8 Å². The van der Waals surface area contributed by atoms with Gasteiger partial charge in [-0.15, -0.1) is 0 Å². The molecule has 2 amide bonds. The molecular weight excluding hydrogens is 542 g/mol. The van der Waals surface area contributed by atoms with Gasteiger partial charge in [0.25, 0.3) is 11.6 Å². The molecule has 3 N–H and O–H groups in total. The Bertz CT molecular complexity index is 1560. The highest BCUT2D eigenvalue weighted by Crippen LogP contribution is 2.44. The lowest BCUT2D eigenvalue weighted by atomic mass is 9.81. The topological polar surface area (TPSA) is 146 Å². The van der Waals surface area contributed by atoms with Crippen molar-refractivity contribution in [1.82, 2.24) is 5.32 Å². The second-order valence-electron chi connectivity index (χ2n) is 8.88. The van der Waals surface area contributed by atoms with Crippen molar-refractivity contribution in [2.24, 2.45) is 0 Å². The van der Waals surface area contributed by atoms with E-state index >= 15 is 0 Å². The highest BCUT2D eigenvalue weighted by atomic mass is 32.2. The van der Waals surface area contributed by atoms with Crippen LogP contribution in [0.25, 0.3) is 0 Å². The van der Waals surface area contributed by atoms with E-state index in [1.165, 1.54) is 24.3 Å². The number of carbonyl (C=O) groups is 2. The number of hydrogen-bond acceptors (Lipinski definition) is 8. The first-order valence-electron chi connectivity index (χ1n) is 12.7. The highest BCUT2D eigenvalue weighted by Gasteiger charge is 2.36. The first-order chi connectivity index (χ1) is 19.8. The number of nitro groups is 1. The van der Waals surface area contributed by atoms with Gasteiger partial charge in [-0.2, -0.15) is 5.26 Å². The Morgan fingerprint density at radius 2 is 1.68 bits per heavy atom. The summed E-state index contributed by atoms with van der Waals surface area (Å²) in [6, 6.07) is 24.1. The van der Waals surface area contributed by atoms with E-state index in [0.717, 1.165) is 11.8 Å². The predicted molar refractivity (Wildman–Crippen MR) is 158 cm³/mol. The van der Waals surface area contributed by atoms with Gasteiger partial charge in [0, 0.05) is 40.3 Å². The molecule has 4 rings (SSSR count). The second-order valence-corrected chi connectivity index (χ2v) is 9.87. The predicted octanol–water partition coefficient (Wildman–Crippen LogP) is 5.70.